The van der Waals surface area contributed by atoms with Crippen LogP contribution < -0.4 is 14.2 Å². The summed E-state index contributed by atoms with van der Waals surface area (Å²) >= 11 is 1.46. The number of fused-ring (bicyclic) bond motifs is 1. The number of nitrogens with zero attached hydrogens (tertiary/aromatic N) is 3. The Kier molecular flexibility index (Phi) is 5.96. The van der Waals surface area contributed by atoms with Gasteiger partial charge in [0, 0.05) is 38.1 Å². The van der Waals surface area contributed by atoms with Crippen LogP contribution >= 0.6 is 11.3 Å². The van der Waals surface area contributed by atoms with Gasteiger partial charge in [-0.3, -0.25) is 9.69 Å². The molecular formula is C24H25N3O4S. The van der Waals surface area contributed by atoms with E-state index in [0.29, 0.717) is 25.4 Å². The summed E-state index contributed by atoms with van der Waals surface area (Å²) in [5, 5.41) is 2.63. The highest BCUT2D eigenvalue weighted by molar-refractivity contribution is 7.09. The molecule has 5 rings (SSSR count). The van der Waals surface area contributed by atoms with Crippen molar-refractivity contribution in [2.75, 3.05) is 33.0 Å². The average Bonchev–Trinajstić information content (AvgIpc) is 3.48. The molecule has 0 saturated carbocycles. The number of rotatable bonds is 6. The summed E-state index contributed by atoms with van der Waals surface area (Å²) < 4.78 is 16.6. The molecule has 3 aromatic rings. The zero-order chi connectivity index (χ0) is 21.9. The van der Waals surface area contributed by atoms with Crippen LogP contribution in [0.2, 0.25) is 0 Å². The lowest BCUT2D eigenvalue weighted by Crippen LogP contribution is -2.48. The Bertz CT molecular complexity index is 1090. The summed E-state index contributed by atoms with van der Waals surface area (Å²) in [4.78, 5) is 21.6. The van der Waals surface area contributed by atoms with Gasteiger partial charge in [-0.25, -0.2) is 4.98 Å². The van der Waals surface area contributed by atoms with Crippen LogP contribution in [-0.4, -0.2) is 53.7 Å². The Balaban J connectivity index is 1.11. The highest BCUT2D eigenvalue weighted by Gasteiger charge is 2.24. The van der Waals surface area contributed by atoms with Gasteiger partial charge in [0.05, 0.1) is 0 Å². The van der Waals surface area contributed by atoms with Crippen molar-refractivity contribution in [3.05, 3.63) is 69.7 Å². The van der Waals surface area contributed by atoms with Gasteiger partial charge in [0.2, 0.25) is 6.79 Å². The molecule has 0 N–H and O–H groups in total. The molecule has 0 atom stereocenters. The van der Waals surface area contributed by atoms with Crippen molar-refractivity contribution in [3.63, 3.8) is 0 Å². The average molecular weight is 452 g/mol. The molecule has 2 aliphatic heterocycles. The quantitative estimate of drug-likeness (QED) is 0.569. The third-order valence-electron chi connectivity index (χ3n) is 5.66. The van der Waals surface area contributed by atoms with E-state index < -0.39 is 0 Å². The van der Waals surface area contributed by atoms with Crippen molar-refractivity contribution in [3.8, 4) is 17.2 Å². The van der Waals surface area contributed by atoms with E-state index in [4.69, 9.17) is 14.2 Å². The second-order valence-electron chi connectivity index (χ2n) is 7.98. The molecule has 0 radical (unpaired) electrons. The van der Waals surface area contributed by atoms with E-state index in [2.05, 4.69) is 16.0 Å². The van der Waals surface area contributed by atoms with E-state index >= 15 is 0 Å². The molecule has 1 amide bonds. The van der Waals surface area contributed by atoms with Crippen molar-refractivity contribution in [2.45, 2.75) is 20.1 Å². The van der Waals surface area contributed by atoms with Crippen LogP contribution in [0.4, 0.5) is 0 Å². The van der Waals surface area contributed by atoms with Gasteiger partial charge in [0.25, 0.3) is 5.91 Å². The van der Waals surface area contributed by atoms with E-state index in [0.717, 1.165) is 41.9 Å². The van der Waals surface area contributed by atoms with E-state index in [9.17, 15) is 4.79 Å². The topological polar surface area (TPSA) is 64.1 Å². The van der Waals surface area contributed by atoms with Gasteiger partial charge in [-0.2, -0.15) is 0 Å². The summed E-state index contributed by atoms with van der Waals surface area (Å²) in [5.74, 6) is 2.40. The standard InChI is InChI=1S/C24H25N3O4S/c1-17-2-5-19(6-3-17)29-14-23-25-20(15-32-23)24(28)27-10-8-26(9-11-27)13-18-4-7-21-22(12-18)31-16-30-21/h2-7,12,15H,8-11,13-14,16H2,1H3. The Morgan fingerprint density at radius 2 is 1.84 bits per heavy atom. The lowest BCUT2D eigenvalue weighted by atomic mass is 10.1. The Morgan fingerprint density at radius 1 is 1.06 bits per heavy atom. The fourth-order valence-corrected chi connectivity index (χ4v) is 4.50. The normalized spacial score (nSPS) is 15.7. The number of piperazine rings is 1. The van der Waals surface area contributed by atoms with Crippen molar-refractivity contribution in [1.82, 2.24) is 14.8 Å². The molecule has 3 heterocycles. The van der Waals surface area contributed by atoms with Gasteiger partial charge in [-0.15, -0.1) is 11.3 Å². The number of ether oxygens (including phenoxy) is 3. The first-order chi connectivity index (χ1) is 15.6. The maximum atomic E-state index is 12.9. The minimum atomic E-state index is -0.00874. The molecule has 2 aliphatic rings. The zero-order valence-corrected chi connectivity index (χ0v) is 18.8. The summed E-state index contributed by atoms with van der Waals surface area (Å²) in [7, 11) is 0. The van der Waals surface area contributed by atoms with Crippen LogP contribution in [0, 0.1) is 6.92 Å². The summed E-state index contributed by atoms with van der Waals surface area (Å²) in [5.41, 5.74) is 2.88. The SMILES string of the molecule is Cc1ccc(OCc2nc(C(=O)N3CCN(Cc4ccc5c(c4)OCO5)CC3)cs2)cc1. The summed E-state index contributed by atoms with van der Waals surface area (Å²) in [6.45, 7) is 6.56. The van der Waals surface area contributed by atoms with Crippen molar-refractivity contribution in [1.29, 1.82) is 0 Å². The number of amides is 1. The van der Waals surface area contributed by atoms with Gasteiger partial charge in [0.1, 0.15) is 23.1 Å². The first-order valence-corrected chi connectivity index (χ1v) is 11.6. The molecule has 32 heavy (non-hydrogen) atoms. The minimum absolute atomic E-state index is 0.00874. The third-order valence-corrected chi connectivity index (χ3v) is 6.48. The van der Waals surface area contributed by atoms with Gasteiger partial charge >= 0.3 is 0 Å². The number of carbonyl (C=O) groups excluding carboxylic acids is 1. The molecule has 1 aromatic heterocycles. The number of benzene rings is 2. The first kappa shape index (κ1) is 20.8. The van der Waals surface area contributed by atoms with Crippen LogP contribution in [0.25, 0.3) is 0 Å². The van der Waals surface area contributed by atoms with Gasteiger partial charge in [-0.1, -0.05) is 23.8 Å². The summed E-state index contributed by atoms with van der Waals surface area (Å²) in [6, 6.07) is 14.0. The lowest BCUT2D eigenvalue weighted by Gasteiger charge is -2.34. The van der Waals surface area contributed by atoms with Crippen LogP contribution in [0.15, 0.2) is 47.8 Å². The molecule has 1 fully saturated rings. The van der Waals surface area contributed by atoms with E-state index in [1.54, 1.807) is 0 Å². The highest BCUT2D eigenvalue weighted by Crippen LogP contribution is 2.32. The molecule has 1 saturated heterocycles. The number of aromatic nitrogens is 1. The second kappa shape index (κ2) is 9.18. The van der Waals surface area contributed by atoms with Gasteiger partial charge < -0.3 is 19.1 Å². The minimum Gasteiger partial charge on any atom is -0.486 e. The second-order valence-corrected chi connectivity index (χ2v) is 8.93. The van der Waals surface area contributed by atoms with Crippen molar-refractivity contribution < 1.29 is 19.0 Å². The molecular weight excluding hydrogens is 426 g/mol. The molecule has 0 spiro atoms. The van der Waals surface area contributed by atoms with Crippen LogP contribution in [0.5, 0.6) is 17.2 Å². The summed E-state index contributed by atoms with van der Waals surface area (Å²) in [6.07, 6.45) is 0. The lowest BCUT2D eigenvalue weighted by molar-refractivity contribution is 0.0623. The molecule has 2 aromatic carbocycles. The zero-order valence-electron chi connectivity index (χ0n) is 18.0. The number of hydrogen-bond acceptors (Lipinski definition) is 7. The van der Waals surface area contributed by atoms with Crippen LogP contribution in [0.3, 0.4) is 0 Å². The predicted molar refractivity (Wildman–Crippen MR) is 121 cm³/mol. The number of aryl methyl sites for hydroxylation is 1. The van der Waals surface area contributed by atoms with Crippen LogP contribution in [0.1, 0.15) is 26.6 Å². The molecule has 0 unspecified atom stereocenters. The van der Waals surface area contributed by atoms with Crippen LogP contribution in [-0.2, 0) is 13.2 Å². The maximum Gasteiger partial charge on any atom is 0.273 e. The smallest absolute Gasteiger partial charge is 0.273 e. The Morgan fingerprint density at radius 3 is 2.66 bits per heavy atom. The fraction of sp³-hybridized carbons (Fsp3) is 0.333. The number of carbonyl (C=O) groups is 1. The van der Waals surface area contributed by atoms with Crippen molar-refractivity contribution >= 4 is 17.2 Å². The third kappa shape index (κ3) is 4.71. The predicted octanol–water partition coefficient (Wildman–Crippen LogP) is 3.72. The monoisotopic (exact) mass is 451 g/mol. The molecule has 0 bridgehead atoms. The molecule has 0 aliphatic carbocycles. The van der Waals surface area contributed by atoms with E-state index in [1.165, 1.54) is 22.5 Å². The molecule has 166 valence electrons. The molecule has 8 heteroatoms. The Hall–Kier alpha value is -3.10. The number of thiazole rings is 1. The largest absolute Gasteiger partial charge is 0.486 e. The van der Waals surface area contributed by atoms with Gasteiger partial charge in [-0.05, 0) is 36.8 Å². The fourth-order valence-electron chi connectivity index (χ4n) is 3.82. The van der Waals surface area contributed by atoms with E-state index in [-0.39, 0.29) is 12.7 Å². The van der Waals surface area contributed by atoms with E-state index in [1.807, 2.05) is 53.6 Å². The maximum absolute atomic E-state index is 12.9. The van der Waals surface area contributed by atoms with Crippen molar-refractivity contribution in [2.24, 2.45) is 0 Å². The van der Waals surface area contributed by atoms with Gasteiger partial charge in [0.15, 0.2) is 11.5 Å². The first-order valence-electron chi connectivity index (χ1n) is 10.7. The Labute approximate surface area is 191 Å². The number of hydrogen-bond donors (Lipinski definition) is 0. The highest BCUT2D eigenvalue weighted by atomic mass is 32.1. The molecule has 7 nitrogen and oxygen atoms in total.